The van der Waals surface area contributed by atoms with Crippen LogP contribution in [0.15, 0.2) is 47.3 Å². The van der Waals surface area contributed by atoms with Gasteiger partial charge in [0.1, 0.15) is 5.75 Å². The van der Waals surface area contributed by atoms with E-state index in [4.69, 9.17) is 4.74 Å². The Labute approximate surface area is 149 Å². The van der Waals surface area contributed by atoms with Gasteiger partial charge in [-0.1, -0.05) is 13.3 Å². The minimum absolute atomic E-state index is 0.697. The van der Waals surface area contributed by atoms with E-state index in [2.05, 4.69) is 44.0 Å². The summed E-state index contributed by atoms with van der Waals surface area (Å²) in [6.45, 7) is 2.17. The predicted octanol–water partition coefficient (Wildman–Crippen LogP) is 3.98. The molecule has 0 N–H and O–H groups in total. The fraction of sp³-hybridized carbons (Fsp3) is 0.278. The predicted molar refractivity (Wildman–Crippen MR) is 96.6 cm³/mol. The van der Waals surface area contributed by atoms with Crippen molar-refractivity contribution in [3.8, 4) is 11.6 Å². The zero-order chi connectivity index (χ0) is 16.9. The molecule has 6 heteroatoms. The number of rotatable bonds is 6. The highest BCUT2D eigenvalue weighted by Gasteiger charge is 2.13. The average molecular weight is 387 g/mol. The molecule has 24 heavy (non-hydrogen) atoms. The molecule has 0 atom stereocenters. The molecule has 0 aliphatic carbocycles. The first-order valence-electron chi connectivity index (χ1n) is 7.88. The van der Waals surface area contributed by atoms with E-state index in [9.17, 15) is 0 Å². The Morgan fingerprint density at radius 2 is 2.08 bits per heavy atom. The molecule has 0 saturated heterocycles. The Morgan fingerprint density at radius 3 is 2.83 bits per heavy atom. The number of hydrogen-bond acceptors (Lipinski definition) is 4. The maximum absolute atomic E-state index is 5.30. The molecule has 0 bridgehead atoms. The first-order valence-corrected chi connectivity index (χ1v) is 8.67. The third kappa shape index (κ3) is 3.48. The molecule has 3 heterocycles. The van der Waals surface area contributed by atoms with Crippen LogP contribution in [0.3, 0.4) is 0 Å². The minimum atomic E-state index is 0.697. The van der Waals surface area contributed by atoms with Crippen LogP contribution < -0.4 is 4.74 Å². The second-order valence-electron chi connectivity index (χ2n) is 5.45. The molecule has 0 fully saturated rings. The van der Waals surface area contributed by atoms with Gasteiger partial charge < -0.3 is 4.74 Å². The third-order valence-electron chi connectivity index (χ3n) is 3.80. The number of aryl methyl sites for hydroxylation is 1. The lowest BCUT2D eigenvalue weighted by Gasteiger charge is -2.12. The first-order chi connectivity index (χ1) is 11.7. The summed E-state index contributed by atoms with van der Waals surface area (Å²) in [6.07, 6.45) is 8.06. The Kier molecular flexibility index (Phi) is 5.25. The summed E-state index contributed by atoms with van der Waals surface area (Å²) < 4.78 is 8.07. The number of pyridine rings is 2. The Hall–Kier alpha value is -2.21. The topological polar surface area (TPSA) is 52.8 Å². The quantitative estimate of drug-likeness (QED) is 0.642. The van der Waals surface area contributed by atoms with Crippen molar-refractivity contribution in [2.24, 2.45) is 0 Å². The van der Waals surface area contributed by atoms with Gasteiger partial charge in [0.2, 0.25) is 0 Å². The fourth-order valence-corrected chi connectivity index (χ4v) is 3.06. The molecule has 0 aliphatic rings. The minimum Gasteiger partial charge on any atom is -0.495 e. The number of nitrogens with zero attached hydrogens (tertiary/aromatic N) is 4. The van der Waals surface area contributed by atoms with E-state index in [0.29, 0.717) is 6.42 Å². The summed E-state index contributed by atoms with van der Waals surface area (Å²) in [6, 6.07) is 7.93. The lowest BCUT2D eigenvalue weighted by Crippen LogP contribution is -2.08. The number of aromatic nitrogens is 4. The van der Waals surface area contributed by atoms with Crippen molar-refractivity contribution >= 4 is 15.9 Å². The van der Waals surface area contributed by atoms with Crippen LogP contribution in [0.4, 0.5) is 0 Å². The van der Waals surface area contributed by atoms with Crippen molar-refractivity contribution in [3.05, 3.63) is 64.3 Å². The van der Waals surface area contributed by atoms with Crippen LogP contribution in [0.25, 0.3) is 5.82 Å². The van der Waals surface area contributed by atoms with Gasteiger partial charge in [-0.05, 0) is 52.2 Å². The van der Waals surface area contributed by atoms with Gasteiger partial charge in [-0.25, -0.2) is 9.67 Å². The van der Waals surface area contributed by atoms with Gasteiger partial charge in [-0.2, -0.15) is 5.10 Å². The second-order valence-corrected chi connectivity index (χ2v) is 6.31. The largest absolute Gasteiger partial charge is 0.495 e. The van der Waals surface area contributed by atoms with Gasteiger partial charge in [-0.3, -0.25) is 4.98 Å². The van der Waals surface area contributed by atoms with Crippen LogP contribution in [0.5, 0.6) is 5.75 Å². The summed E-state index contributed by atoms with van der Waals surface area (Å²) in [7, 11) is 1.67. The molecule has 0 spiro atoms. The molecule has 124 valence electrons. The summed E-state index contributed by atoms with van der Waals surface area (Å²) in [5.74, 6) is 1.58. The normalized spacial score (nSPS) is 10.8. The molecule has 0 saturated carbocycles. The standard InChI is InChI=1S/C18H19BrN4O/c1-3-5-13-10-15(24-2)12-21-17(13)11-14-7-9-22-23(14)18-16(19)6-4-8-20-18/h4,6-10,12H,3,5,11H2,1-2H3. The fourth-order valence-electron chi connectivity index (χ4n) is 2.63. The molecular weight excluding hydrogens is 368 g/mol. The smallest absolute Gasteiger partial charge is 0.167 e. The summed E-state index contributed by atoms with van der Waals surface area (Å²) in [5, 5.41) is 4.42. The van der Waals surface area contributed by atoms with Crippen LogP contribution in [0, 0.1) is 0 Å². The lowest BCUT2D eigenvalue weighted by atomic mass is 10.0. The Bertz CT molecular complexity index is 831. The van der Waals surface area contributed by atoms with Crippen molar-refractivity contribution < 1.29 is 4.74 Å². The maximum atomic E-state index is 5.30. The molecule has 0 radical (unpaired) electrons. The monoisotopic (exact) mass is 386 g/mol. The highest BCUT2D eigenvalue weighted by atomic mass is 79.9. The van der Waals surface area contributed by atoms with Crippen LogP contribution in [0.2, 0.25) is 0 Å². The van der Waals surface area contributed by atoms with Crippen molar-refractivity contribution in [1.82, 2.24) is 19.7 Å². The Balaban J connectivity index is 1.96. The highest BCUT2D eigenvalue weighted by molar-refractivity contribution is 9.10. The van der Waals surface area contributed by atoms with E-state index in [-0.39, 0.29) is 0 Å². The Morgan fingerprint density at radius 1 is 1.21 bits per heavy atom. The molecule has 5 nitrogen and oxygen atoms in total. The molecule has 0 aromatic carbocycles. The highest BCUT2D eigenvalue weighted by Crippen LogP contribution is 2.22. The van der Waals surface area contributed by atoms with Crippen molar-refractivity contribution in [3.63, 3.8) is 0 Å². The van der Waals surface area contributed by atoms with Gasteiger partial charge in [0.05, 0.1) is 23.5 Å². The SMILES string of the molecule is CCCc1cc(OC)cnc1Cc1ccnn1-c1ncccc1Br. The number of hydrogen-bond donors (Lipinski definition) is 0. The molecule has 0 amide bonds. The van der Waals surface area contributed by atoms with E-state index in [1.165, 1.54) is 5.56 Å². The molecule has 3 aromatic heterocycles. The van der Waals surface area contributed by atoms with Crippen molar-refractivity contribution in [1.29, 1.82) is 0 Å². The van der Waals surface area contributed by atoms with E-state index < -0.39 is 0 Å². The van der Waals surface area contributed by atoms with E-state index in [0.717, 1.165) is 40.3 Å². The average Bonchev–Trinajstić information content (AvgIpc) is 3.05. The molecule has 0 unspecified atom stereocenters. The van der Waals surface area contributed by atoms with Gasteiger partial charge in [0.25, 0.3) is 0 Å². The molecular formula is C18H19BrN4O. The number of halogens is 1. The van der Waals surface area contributed by atoms with Gasteiger partial charge in [0, 0.05) is 24.5 Å². The van der Waals surface area contributed by atoms with Crippen molar-refractivity contribution in [2.75, 3.05) is 7.11 Å². The zero-order valence-electron chi connectivity index (χ0n) is 13.7. The van der Waals surface area contributed by atoms with Gasteiger partial charge in [0.15, 0.2) is 5.82 Å². The van der Waals surface area contributed by atoms with Gasteiger partial charge >= 0.3 is 0 Å². The molecule has 3 aromatic rings. The van der Waals surface area contributed by atoms with E-state index >= 15 is 0 Å². The summed E-state index contributed by atoms with van der Waals surface area (Å²) >= 11 is 3.54. The number of ether oxygens (including phenoxy) is 1. The zero-order valence-corrected chi connectivity index (χ0v) is 15.3. The molecule has 0 aliphatic heterocycles. The second kappa shape index (κ2) is 7.57. The molecule has 3 rings (SSSR count). The van der Waals surface area contributed by atoms with E-state index in [1.54, 1.807) is 25.7 Å². The lowest BCUT2D eigenvalue weighted by molar-refractivity contribution is 0.412. The van der Waals surface area contributed by atoms with Crippen LogP contribution >= 0.6 is 15.9 Å². The summed E-state index contributed by atoms with van der Waals surface area (Å²) in [5.41, 5.74) is 3.31. The summed E-state index contributed by atoms with van der Waals surface area (Å²) in [4.78, 5) is 9.02. The van der Waals surface area contributed by atoms with Crippen LogP contribution in [-0.2, 0) is 12.8 Å². The van der Waals surface area contributed by atoms with Gasteiger partial charge in [-0.15, -0.1) is 0 Å². The van der Waals surface area contributed by atoms with Crippen molar-refractivity contribution in [2.45, 2.75) is 26.2 Å². The van der Waals surface area contributed by atoms with Crippen LogP contribution in [-0.4, -0.2) is 26.9 Å². The van der Waals surface area contributed by atoms with E-state index in [1.807, 2.05) is 22.9 Å². The first kappa shape index (κ1) is 16.6. The maximum Gasteiger partial charge on any atom is 0.167 e. The third-order valence-corrected chi connectivity index (χ3v) is 4.42. The van der Waals surface area contributed by atoms with Crippen LogP contribution in [0.1, 0.15) is 30.3 Å². The number of methoxy groups -OCH3 is 1.